The van der Waals surface area contributed by atoms with Crippen molar-refractivity contribution in [2.24, 2.45) is 0 Å². The maximum Gasteiger partial charge on any atom is 0.232 e. The fraction of sp³-hybridized carbons (Fsp3) is 0.333. The zero-order valence-electron chi connectivity index (χ0n) is 16.4. The number of hydrogen-bond acceptors (Lipinski definition) is 7. The van der Waals surface area contributed by atoms with Gasteiger partial charge >= 0.3 is 0 Å². The second-order valence-corrected chi connectivity index (χ2v) is 6.85. The van der Waals surface area contributed by atoms with Crippen LogP contribution in [0.2, 0.25) is 0 Å². The lowest BCUT2D eigenvalue weighted by atomic mass is 10.1. The second kappa shape index (κ2) is 8.30. The van der Waals surface area contributed by atoms with Crippen LogP contribution < -0.4 is 9.47 Å². The summed E-state index contributed by atoms with van der Waals surface area (Å²) < 4.78 is 16.0. The highest BCUT2D eigenvalue weighted by molar-refractivity contribution is 5.79. The Morgan fingerprint density at radius 2 is 2.03 bits per heavy atom. The summed E-state index contributed by atoms with van der Waals surface area (Å²) in [5.74, 6) is 2.28. The number of hydrogen-bond donors (Lipinski definition) is 0. The first-order chi connectivity index (χ1) is 14.2. The van der Waals surface area contributed by atoms with Crippen molar-refractivity contribution in [3.05, 3.63) is 54.0 Å². The number of benzene rings is 1. The van der Waals surface area contributed by atoms with Gasteiger partial charge in [0.25, 0.3) is 0 Å². The van der Waals surface area contributed by atoms with Gasteiger partial charge in [0.2, 0.25) is 17.6 Å². The molecule has 1 aliphatic heterocycles. The molecule has 0 aliphatic carbocycles. The first-order valence-electron chi connectivity index (χ1n) is 9.41. The molecule has 1 aromatic carbocycles. The lowest BCUT2D eigenvalue weighted by molar-refractivity contribution is -0.127. The minimum absolute atomic E-state index is 0.0908. The van der Waals surface area contributed by atoms with Crippen molar-refractivity contribution in [2.75, 3.05) is 27.3 Å². The van der Waals surface area contributed by atoms with Gasteiger partial charge in [0.15, 0.2) is 11.5 Å². The summed E-state index contributed by atoms with van der Waals surface area (Å²) in [5, 5.41) is 4.01. The molecule has 0 saturated carbocycles. The smallest absolute Gasteiger partial charge is 0.232 e. The van der Waals surface area contributed by atoms with Crippen LogP contribution in [0.1, 0.15) is 23.8 Å². The van der Waals surface area contributed by atoms with E-state index in [9.17, 15) is 4.79 Å². The molecule has 1 amide bonds. The van der Waals surface area contributed by atoms with Gasteiger partial charge in [-0.25, -0.2) is 0 Å². The van der Waals surface area contributed by atoms with Gasteiger partial charge in [0.1, 0.15) is 5.69 Å². The van der Waals surface area contributed by atoms with Gasteiger partial charge in [0, 0.05) is 25.7 Å². The summed E-state index contributed by atoms with van der Waals surface area (Å²) in [4.78, 5) is 23.0. The number of carbonyl (C=O) groups is 1. The van der Waals surface area contributed by atoms with Crippen molar-refractivity contribution < 1.29 is 18.8 Å². The molecule has 1 unspecified atom stereocenters. The van der Waals surface area contributed by atoms with E-state index in [4.69, 9.17) is 14.0 Å². The van der Waals surface area contributed by atoms with Crippen molar-refractivity contribution >= 4 is 5.91 Å². The van der Waals surface area contributed by atoms with Gasteiger partial charge in [-0.3, -0.25) is 9.78 Å². The molecule has 2 aromatic heterocycles. The zero-order valence-corrected chi connectivity index (χ0v) is 16.4. The van der Waals surface area contributed by atoms with E-state index in [1.807, 2.05) is 41.3 Å². The number of amides is 1. The Labute approximate surface area is 168 Å². The predicted octanol–water partition coefficient (Wildman–Crippen LogP) is 2.71. The second-order valence-electron chi connectivity index (χ2n) is 6.85. The first kappa shape index (κ1) is 18.9. The van der Waals surface area contributed by atoms with Crippen LogP contribution in [-0.2, 0) is 11.2 Å². The number of likely N-dealkylation sites (tertiary alicyclic amines) is 1. The largest absolute Gasteiger partial charge is 0.493 e. The van der Waals surface area contributed by atoms with Crippen LogP contribution in [0.3, 0.4) is 0 Å². The van der Waals surface area contributed by atoms with Crippen LogP contribution in [-0.4, -0.2) is 53.2 Å². The van der Waals surface area contributed by atoms with Gasteiger partial charge in [-0.1, -0.05) is 17.3 Å². The van der Waals surface area contributed by atoms with Gasteiger partial charge < -0.3 is 18.9 Å². The molecule has 1 fully saturated rings. The highest BCUT2D eigenvalue weighted by atomic mass is 16.5. The standard InChI is InChI=1S/C21H22N4O4/c1-27-17-7-6-14(11-18(17)28-2)8-10-25-13-15(12-19(25)26)21-23-20(24-29-21)16-5-3-4-9-22-16/h3-7,9,11,15H,8,10,12-13H2,1-2H3. The van der Waals surface area contributed by atoms with Crippen LogP contribution >= 0.6 is 0 Å². The summed E-state index contributed by atoms with van der Waals surface area (Å²) in [7, 11) is 3.22. The van der Waals surface area contributed by atoms with Crippen LogP contribution in [0.25, 0.3) is 11.5 Å². The van der Waals surface area contributed by atoms with Crippen LogP contribution in [0.15, 0.2) is 47.1 Å². The lowest BCUT2D eigenvalue weighted by Gasteiger charge is -2.16. The molecule has 0 spiro atoms. The Bertz CT molecular complexity index is 989. The average molecular weight is 394 g/mol. The van der Waals surface area contributed by atoms with Crippen LogP contribution in [0.4, 0.5) is 0 Å². The van der Waals surface area contributed by atoms with E-state index >= 15 is 0 Å². The zero-order chi connectivity index (χ0) is 20.2. The third kappa shape index (κ3) is 4.06. The molecule has 0 bridgehead atoms. The van der Waals surface area contributed by atoms with Gasteiger partial charge in [0.05, 0.1) is 20.1 Å². The molecule has 8 nitrogen and oxygen atoms in total. The van der Waals surface area contributed by atoms with Crippen molar-refractivity contribution in [3.8, 4) is 23.0 Å². The molecule has 1 aliphatic rings. The molecule has 8 heteroatoms. The average Bonchev–Trinajstić information content (AvgIpc) is 3.39. The number of aromatic nitrogens is 3. The van der Waals surface area contributed by atoms with Crippen molar-refractivity contribution in [2.45, 2.75) is 18.8 Å². The van der Waals surface area contributed by atoms with Crippen LogP contribution in [0.5, 0.6) is 11.5 Å². The summed E-state index contributed by atoms with van der Waals surface area (Å²) in [6.07, 6.45) is 2.78. The number of carbonyl (C=O) groups excluding carboxylic acids is 1. The number of rotatable bonds is 7. The van der Waals surface area contributed by atoms with Crippen molar-refractivity contribution in [1.29, 1.82) is 0 Å². The fourth-order valence-corrected chi connectivity index (χ4v) is 3.45. The molecule has 150 valence electrons. The predicted molar refractivity (Wildman–Crippen MR) is 105 cm³/mol. The van der Waals surface area contributed by atoms with Crippen molar-refractivity contribution in [3.63, 3.8) is 0 Å². The van der Waals surface area contributed by atoms with E-state index in [0.29, 0.717) is 48.4 Å². The Hall–Kier alpha value is -3.42. The highest BCUT2D eigenvalue weighted by Crippen LogP contribution is 2.30. The first-order valence-corrected chi connectivity index (χ1v) is 9.41. The lowest BCUT2D eigenvalue weighted by Crippen LogP contribution is -2.27. The summed E-state index contributed by atoms with van der Waals surface area (Å²) in [5.41, 5.74) is 1.73. The topological polar surface area (TPSA) is 90.6 Å². The quantitative estimate of drug-likeness (QED) is 0.608. The molecule has 1 atom stereocenters. The molecule has 1 saturated heterocycles. The van der Waals surface area contributed by atoms with Crippen LogP contribution in [0, 0.1) is 0 Å². The maximum atomic E-state index is 12.5. The number of nitrogens with zero attached hydrogens (tertiary/aromatic N) is 4. The SMILES string of the molecule is COc1ccc(CCN2CC(c3nc(-c4ccccn4)no3)CC2=O)cc1OC. The molecule has 3 aromatic rings. The molecular weight excluding hydrogens is 372 g/mol. The minimum atomic E-state index is -0.0992. The van der Waals surface area contributed by atoms with Gasteiger partial charge in [-0.05, 0) is 36.2 Å². The molecule has 0 N–H and O–H groups in total. The minimum Gasteiger partial charge on any atom is -0.493 e. The van der Waals surface area contributed by atoms with E-state index in [1.165, 1.54) is 0 Å². The van der Waals surface area contributed by atoms with Gasteiger partial charge in [-0.2, -0.15) is 4.98 Å². The molecule has 29 heavy (non-hydrogen) atoms. The molecule has 3 heterocycles. The van der Waals surface area contributed by atoms with E-state index in [-0.39, 0.29) is 11.8 Å². The third-order valence-corrected chi connectivity index (χ3v) is 5.02. The Morgan fingerprint density at radius 3 is 2.79 bits per heavy atom. The number of methoxy groups -OCH3 is 2. The summed E-state index contributed by atoms with van der Waals surface area (Å²) in [6.45, 7) is 1.18. The normalized spacial score (nSPS) is 16.3. The molecule has 4 rings (SSSR count). The summed E-state index contributed by atoms with van der Waals surface area (Å²) in [6, 6.07) is 11.3. The molecular formula is C21H22N4O4. The maximum absolute atomic E-state index is 12.5. The fourth-order valence-electron chi connectivity index (χ4n) is 3.45. The summed E-state index contributed by atoms with van der Waals surface area (Å²) >= 11 is 0. The van der Waals surface area contributed by atoms with E-state index in [2.05, 4.69) is 15.1 Å². The number of pyridine rings is 1. The Kier molecular flexibility index (Phi) is 5.41. The van der Waals surface area contributed by atoms with Gasteiger partial charge in [-0.15, -0.1) is 0 Å². The Balaban J connectivity index is 1.39. The van der Waals surface area contributed by atoms with E-state index < -0.39 is 0 Å². The number of ether oxygens (including phenoxy) is 2. The molecule has 0 radical (unpaired) electrons. The van der Waals surface area contributed by atoms with E-state index in [0.717, 1.165) is 12.0 Å². The van der Waals surface area contributed by atoms with Crippen molar-refractivity contribution in [1.82, 2.24) is 20.0 Å². The Morgan fingerprint density at radius 1 is 1.17 bits per heavy atom. The van der Waals surface area contributed by atoms with E-state index in [1.54, 1.807) is 20.4 Å². The highest BCUT2D eigenvalue weighted by Gasteiger charge is 2.34. The third-order valence-electron chi connectivity index (χ3n) is 5.02. The monoisotopic (exact) mass is 394 g/mol.